The molecular formula is C15H17ClO2. The summed E-state index contributed by atoms with van der Waals surface area (Å²) >= 11 is 5.70. The maximum atomic E-state index is 10.1. The molecule has 1 N–H and O–H groups in total. The molecule has 0 radical (unpaired) electrons. The minimum atomic E-state index is -0.772. The van der Waals surface area contributed by atoms with Crippen LogP contribution in [0.15, 0.2) is 40.8 Å². The highest BCUT2D eigenvalue weighted by Gasteiger charge is 2.17. The second kappa shape index (κ2) is 4.79. The van der Waals surface area contributed by atoms with Gasteiger partial charge in [-0.2, -0.15) is 0 Å². The lowest BCUT2D eigenvalue weighted by molar-refractivity contribution is 0.189. The van der Waals surface area contributed by atoms with E-state index in [1.165, 1.54) is 5.56 Å². The summed E-state index contributed by atoms with van der Waals surface area (Å²) in [6, 6.07) is 11.2. The van der Waals surface area contributed by atoms with E-state index in [9.17, 15) is 5.11 Å². The van der Waals surface area contributed by atoms with E-state index >= 15 is 0 Å². The van der Waals surface area contributed by atoms with E-state index in [2.05, 4.69) is 20.8 Å². The molecule has 0 saturated carbocycles. The van der Waals surface area contributed by atoms with Gasteiger partial charge >= 0.3 is 0 Å². The van der Waals surface area contributed by atoms with E-state index in [0.29, 0.717) is 5.76 Å². The number of hydrogen-bond donors (Lipinski definition) is 1. The van der Waals surface area contributed by atoms with Crippen molar-refractivity contribution in [1.29, 1.82) is 0 Å². The van der Waals surface area contributed by atoms with Crippen LogP contribution in [0.1, 0.15) is 43.8 Å². The first kappa shape index (κ1) is 13.2. The molecule has 3 heteroatoms. The topological polar surface area (TPSA) is 33.4 Å². The Hall–Kier alpha value is -1.25. The molecule has 0 fully saturated rings. The molecule has 2 aromatic rings. The van der Waals surface area contributed by atoms with Gasteiger partial charge in [-0.25, -0.2) is 0 Å². The molecule has 1 unspecified atom stereocenters. The lowest BCUT2D eigenvalue weighted by atomic mass is 9.86. The first-order chi connectivity index (χ1) is 8.38. The van der Waals surface area contributed by atoms with Crippen molar-refractivity contribution >= 4 is 11.6 Å². The number of aliphatic hydroxyl groups excluding tert-OH is 1. The summed E-state index contributed by atoms with van der Waals surface area (Å²) in [4.78, 5) is 0. The Morgan fingerprint density at radius 2 is 1.67 bits per heavy atom. The fourth-order valence-corrected chi connectivity index (χ4v) is 1.96. The Labute approximate surface area is 112 Å². The first-order valence-electron chi connectivity index (χ1n) is 5.91. The number of halogens is 1. The van der Waals surface area contributed by atoms with Crippen molar-refractivity contribution < 1.29 is 9.52 Å². The summed E-state index contributed by atoms with van der Waals surface area (Å²) < 4.78 is 5.21. The molecule has 2 nitrogen and oxygen atoms in total. The van der Waals surface area contributed by atoms with Gasteiger partial charge in [-0.15, -0.1) is 0 Å². The van der Waals surface area contributed by atoms with Crippen molar-refractivity contribution in [3.8, 4) is 0 Å². The predicted octanol–water partition coefficient (Wildman–Crippen LogP) is 4.31. The molecule has 18 heavy (non-hydrogen) atoms. The predicted molar refractivity (Wildman–Crippen MR) is 72.9 cm³/mol. The van der Waals surface area contributed by atoms with E-state index in [-0.39, 0.29) is 10.6 Å². The Balaban J connectivity index is 2.24. The normalized spacial score (nSPS) is 13.6. The third kappa shape index (κ3) is 2.77. The summed E-state index contributed by atoms with van der Waals surface area (Å²) in [5, 5.41) is 10.4. The lowest BCUT2D eigenvalue weighted by Gasteiger charge is -2.19. The monoisotopic (exact) mass is 264 g/mol. The smallest absolute Gasteiger partial charge is 0.193 e. The largest absolute Gasteiger partial charge is 0.447 e. The summed E-state index contributed by atoms with van der Waals surface area (Å²) in [7, 11) is 0. The molecule has 96 valence electrons. The van der Waals surface area contributed by atoms with E-state index in [1.807, 2.05) is 24.3 Å². The van der Waals surface area contributed by atoms with Gasteiger partial charge in [0.05, 0.1) is 0 Å². The maximum Gasteiger partial charge on any atom is 0.193 e. The Bertz CT molecular complexity index is 520. The first-order valence-corrected chi connectivity index (χ1v) is 6.29. The molecule has 1 aromatic carbocycles. The van der Waals surface area contributed by atoms with Crippen molar-refractivity contribution in [2.75, 3.05) is 0 Å². The summed E-state index contributed by atoms with van der Waals surface area (Å²) in [5.74, 6) is 0.462. The van der Waals surface area contributed by atoms with Crippen molar-refractivity contribution in [2.45, 2.75) is 32.3 Å². The molecule has 1 atom stereocenters. The van der Waals surface area contributed by atoms with Crippen molar-refractivity contribution in [1.82, 2.24) is 0 Å². The van der Waals surface area contributed by atoms with Gasteiger partial charge in [-0.3, -0.25) is 0 Å². The molecule has 1 heterocycles. The van der Waals surface area contributed by atoms with Crippen LogP contribution in [0.25, 0.3) is 0 Å². The molecule has 0 amide bonds. The summed E-state index contributed by atoms with van der Waals surface area (Å²) in [6.45, 7) is 6.47. The second-order valence-electron chi connectivity index (χ2n) is 5.42. The van der Waals surface area contributed by atoms with Gasteiger partial charge in [0.25, 0.3) is 0 Å². The molecule has 0 bridgehead atoms. The molecule has 0 spiro atoms. The van der Waals surface area contributed by atoms with Crippen LogP contribution in [-0.2, 0) is 5.41 Å². The molecule has 0 saturated heterocycles. The van der Waals surface area contributed by atoms with Crippen LogP contribution in [0.3, 0.4) is 0 Å². The van der Waals surface area contributed by atoms with Crippen LogP contribution in [0.5, 0.6) is 0 Å². The van der Waals surface area contributed by atoms with Gasteiger partial charge in [0.1, 0.15) is 11.9 Å². The van der Waals surface area contributed by atoms with Crippen LogP contribution in [-0.4, -0.2) is 5.11 Å². The molecule has 0 aliphatic rings. The number of aliphatic hydroxyl groups is 1. The zero-order chi connectivity index (χ0) is 13.3. The Morgan fingerprint density at radius 3 is 2.11 bits per heavy atom. The fraction of sp³-hybridized carbons (Fsp3) is 0.333. The molecular weight excluding hydrogens is 248 g/mol. The minimum Gasteiger partial charge on any atom is -0.447 e. The number of furan rings is 1. The summed E-state index contributed by atoms with van der Waals surface area (Å²) in [6.07, 6.45) is -0.772. The standard InChI is InChI=1S/C15H17ClO2/c1-15(2,3)11-6-4-10(5-7-11)14(17)12-8-9-13(16)18-12/h4-9,14,17H,1-3H3. The minimum absolute atomic E-state index is 0.109. The van der Waals surface area contributed by atoms with E-state index in [1.54, 1.807) is 12.1 Å². The van der Waals surface area contributed by atoms with Crippen LogP contribution in [0, 0.1) is 0 Å². The van der Waals surface area contributed by atoms with Crippen LogP contribution in [0.4, 0.5) is 0 Å². The SMILES string of the molecule is CC(C)(C)c1ccc(C(O)c2ccc(Cl)o2)cc1. The third-order valence-corrected chi connectivity index (χ3v) is 3.16. The number of rotatable bonds is 2. The molecule has 1 aromatic heterocycles. The van der Waals surface area contributed by atoms with Gasteiger partial charge in [0.2, 0.25) is 0 Å². The highest BCUT2D eigenvalue weighted by atomic mass is 35.5. The summed E-state index contributed by atoms with van der Waals surface area (Å²) in [5.41, 5.74) is 2.14. The number of hydrogen-bond acceptors (Lipinski definition) is 2. The lowest BCUT2D eigenvalue weighted by Crippen LogP contribution is -2.11. The van der Waals surface area contributed by atoms with Crippen molar-refractivity contribution in [3.63, 3.8) is 0 Å². The van der Waals surface area contributed by atoms with Gasteiger partial charge in [-0.05, 0) is 40.3 Å². The third-order valence-electron chi connectivity index (χ3n) is 2.96. The average Bonchev–Trinajstić information content (AvgIpc) is 2.74. The molecule has 0 aliphatic carbocycles. The zero-order valence-electron chi connectivity index (χ0n) is 10.8. The van der Waals surface area contributed by atoms with Crippen LogP contribution >= 0.6 is 11.6 Å². The van der Waals surface area contributed by atoms with Gasteiger partial charge in [0.15, 0.2) is 5.22 Å². The molecule has 2 rings (SSSR count). The van der Waals surface area contributed by atoms with Crippen molar-refractivity contribution in [2.24, 2.45) is 0 Å². The van der Waals surface area contributed by atoms with E-state index < -0.39 is 6.10 Å². The Kier molecular flexibility index (Phi) is 3.51. The van der Waals surface area contributed by atoms with Gasteiger partial charge in [0, 0.05) is 0 Å². The highest BCUT2D eigenvalue weighted by Crippen LogP contribution is 2.28. The van der Waals surface area contributed by atoms with E-state index in [0.717, 1.165) is 5.56 Å². The highest BCUT2D eigenvalue weighted by molar-refractivity contribution is 6.28. The second-order valence-corrected chi connectivity index (χ2v) is 5.79. The van der Waals surface area contributed by atoms with E-state index in [4.69, 9.17) is 16.0 Å². The average molecular weight is 265 g/mol. The molecule has 0 aliphatic heterocycles. The van der Waals surface area contributed by atoms with Crippen LogP contribution < -0.4 is 0 Å². The quantitative estimate of drug-likeness (QED) is 0.877. The zero-order valence-corrected chi connectivity index (χ0v) is 11.5. The van der Waals surface area contributed by atoms with Crippen LogP contribution in [0.2, 0.25) is 5.22 Å². The Morgan fingerprint density at radius 1 is 1.06 bits per heavy atom. The van der Waals surface area contributed by atoms with Gasteiger partial charge < -0.3 is 9.52 Å². The number of benzene rings is 1. The van der Waals surface area contributed by atoms with Gasteiger partial charge in [-0.1, -0.05) is 45.0 Å². The maximum absolute atomic E-state index is 10.1. The van der Waals surface area contributed by atoms with Crippen molar-refractivity contribution in [3.05, 3.63) is 58.5 Å². The fourth-order valence-electron chi connectivity index (χ4n) is 1.80.